The lowest BCUT2D eigenvalue weighted by atomic mass is 9.86. The molecule has 1 fully saturated rings. The van der Waals surface area contributed by atoms with Crippen molar-refractivity contribution in [2.45, 2.75) is 31.7 Å². The van der Waals surface area contributed by atoms with E-state index in [9.17, 15) is 16.8 Å². The van der Waals surface area contributed by atoms with Gasteiger partial charge in [-0.3, -0.25) is 0 Å². The van der Waals surface area contributed by atoms with Crippen molar-refractivity contribution in [1.29, 1.82) is 0 Å². The molecule has 2 atom stereocenters. The molecule has 0 heterocycles. The largest absolute Gasteiger partial charge is 0.228 e. The van der Waals surface area contributed by atoms with Crippen molar-refractivity contribution in [2.24, 2.45) is 5.92 Å². The molecule has 0 saturated heterocycles. The molecule has 0 amide bonds. The molecule has 1 N–H and O–H groups in total. The van der Waals surface area contributed by atoms with Crippen LogP contribution in [-0.4, -0.2) is 40.1 Å². The highest BCUT2D eigenvalue weighted by atomic mass is 35.5. The Morgan fingerprint density at radius 1 is 1.18 bits per heavy atom. The number of sulfonamides is 1. The molecule has 0 spiro atoms. The molecule has 102 valence electrons. The minimum absolute atomic E-state index is 0.0970. The van der Waals surface area contributed by atoms with Crippen LogP contribution in [0.5, 0.6) is 0 Å². The summed E-state index contributed by atoms with van der Waals surface area (Å²) < 4.78 is 47.7. The monoisotopic (exact) mass is 303 g/mol. The van der Waals surface area contributed by atoms with Gasteiger partial charge in [-0.25, -0.2) is 21.6 Å². The summed E-state index contributed by atoms with van der Waals surface area (Å²) in [6, 6.07) is -0.229. The summed E-state index contributed by atoms with van der Waals surface area (Å²) in [5.41, 5.74) is 0. The zero-order chi connectivity index (χ0) is 13.1. The van der Waals surface area contributed by atoms with Crippen LogP contribution in [0.1, 0.15) is 25.7 Å². The third kappa shape index (κ3) is 5.54. The van der Waals surface area contributed by atoms with Gasteiger partial charge in [0.15, 0.2) is 14.9 Å². The third-order valence-corrected chi connectivity index (χ3v) is 6.82. The van der Waals surface area contributed by atoms with Crippen LogP contribution >= 0.6 is 11.6 Å². The van der Waals surface area contributed by atoms with Gasteiger partial charge in [-0.1, -0.05) is 12.8 Å². The minimum Gasteiger partial charge on any atom is -0.228 e. The van der Waals surface area contributed by atoms with E-state index in [0.29, 0.717) is 5.88 Å². The van der Waals surface area contributed by atoms with Gasteiger partial charge in [-0.05, 0) is 18.8 Å². The first-order chi connectivity index (χ1) is 7.73. The molecule has 8 heteroatoms. The number of sulfone groups is 1. The van der Waals surface area contributed by atoms with Gasteiger partial charge in [-0.2, -0.15) is 0 Å². The predicted molar refractivity (Wildman–Crippen MR) is 68.2 cm³/mol. The van der Waals surface area contributed by atoms with Crippen LogP contribution in [0.4, 0.5) is 0 Å². The Labute approximate surface area is 108 Å². The van der Waals surface area contributed by atoms with Gasteiger partial charge in [-0.15, -0.1) is 11.6 Å². The Hall–Kier alpha value is 0.150. The van der Waals surface area contributed by atoms with Crippen molar-refractivity contribution < 1.29 is 16.8 Å². The molecular weight excluding hydrogens is 286 g/mol. The Balaban J connectivity index is 2.69. The second-order valence-electron chi connectivity index (χ2n) is 4.58. The van der Waals surface area contributed by atoms with Gasteiger partial charge in [0.1, 0.15) is 0 Å². The van der Waals surface area contributed by atoms with Gasteiger partial charge in [0.2, 0.25) is 10.0 Å². The average Bonchev–Trinajstić information content (AvgIpc) is 2.14. The summed E-state index contributed by atoms with van der Waals surface area (Å²) in [7, 11) is -7.32. The SMILES string of the molecule is CS(=O)(=O)CS(=O)(=O)NC1CCCCC1CCl. The van der Waals surface area contributed by atoms with Crippen LogP contribution in [0.2, 0.25) is 0 Å². The normalized spacial score (nSPS) is 26.9. The average molecular weight is 304 g/mol. The van der Waals surface area contributed by atoms with Crippen molar-refractivity contribution in [1.82, 2.24) is 4.72 Å². The summed E-state index contributed by atoms with van der Waals surface area (Å²) in [5, 5.41) is -0.856. The first-order valence-corrected chi connectivity index (χ1v) is 9.72. The molecular formula is C9H18ClNO4S2. The smallest absolute Gasteiger partial charge is 0.226 e. The highest BCUT2D eigenvalue weighted by molar-refractivity contribution is 8.06. The lowest BCUT2D eigenvalue weighted by molar-refractivity contribution is 0.314. The van der Waals surface area contributed by atoms with E-state index in [0.717, 1.165) is 31.9 Å². The highest BCUT2D eigenvalue weighted by Crippen LogP contribution is 2.25. The molecule has 0 aromatic heterocycles. The molecule has 0 aromatic carbocycles. The number of nitrogens with one attached hydrogen (secondary N) is 1. The molecule has 1 aliphatic rings. The van der Waals surface area contributed by atoms with Crippen molar-refractivity contribution in [3.8, 4) is 0 Å². The van der Waals surface area contributed by atoms with Gasteiger partial charge >= 0.3 is 0 Å². The maximum Gasteiger partial charge on any atom is 0.226 e. The Morgan fingerprint density at radius 2 is 1.76 bits per heavy atom. The van der Waals surface area contributed by atoms with Gasteiger partial charge < -0.3 is 0 Å². The maximum atomic E-state index is 11.6. The van der Waals surface area contributed by atoms with Crippen molar-refractivity contribution in [3.63, 3.8) is 0 Å². The standard InChI is InChI=1S/C9H18ClNO4S2/c1-16(12,13)7-17(14,15)11-9-5-3-2-4-8(9)6-10/h8-9,11H,2-7H2,1H3. The van der Waals surface area contributed by atoms with Crippen molar-refractivity contribution >= 4 is 31.5 Å². The van der Waals surface area contributed by atoms with E-state index in [2.05, 4.69) is 4.72 Å². The zero-order valence-electron chi connectivity index (χ0n) is 9.72. The lowest BCUT2D eigenvalue weighted by Gasteiger charge is -2.30. The van der Waals surface area contributed by atoms with Crippen LogP contribution in [0.3, 0.4) is 0 Å². The predicted octanol–water partition coefficient (Wildman–Crippen LogP) is 0.705. The fourth-order valence-electron chi connectivity index (χ4n) is 2.09. The van der Waals surface area contributed by atoms with E-state index >= 15 is 0 Å². The van der Waals surface area contributed by atoms with Crippen LogP contribution in [0.15, 0.2) is 0 Å². The van der Waals surface area contributed by atoms with Gasteiger partial charge in [0.25, 0.3) is 0 Å². The number of alkyl halides is 1. The number of halogens is 1. The molecule has 0 aromatic rings. The molecule has 17 heavy (non-hydrogen) atoms. The van der Waals surface area contributed by atoms with E-state index in [4.69, 9.17) is 11.6 Å². The number of hydrogen-bond acceptors (Lipinski definition) is 4. The molecule has 0 radical (unpaired) electrons. The van der Waals surface area contributed by atoms with Crippen molar-refractivity contribution in [2.75, 3.05) is 17.2 Å². The number of rotatable bonds is 5. The summed E-state index contributed by atoms with van der Waals surface area (Å²) in [6.45, 7) is 0. The molecule has 5 nitrogen and oxygen atoms in total. The van der Waals surface area contributed by atoms with Gasteiger partial charge in [0, 0.05) is 18.2 Å². The van der Waals surface area contributed by atoms with E-state index in [1.165, 1.54) is 0 Å². The summed E-state index contributed by atoms with van der Waals surface area (Å²) in [6.07, 6.45) is 4.50. The van der Waals surface area contributed by atoms with Crippen LogP contribution < -0.4 is 4.72 Å². The second-order valence-corrected chi connectivity index (χ2v) is 9.15. The molecule has 2 unspecified atom stereocenters. The van der Waals surface area contributed by atoms with Crippen LogP contribution in [0.25, 0.3) is 0 Å². The number of hydrogen-bond donors (Lipinski definition) is 1. The molecule has 1 rings (SSSR count). The van der Waals surface area contributed by atoms with E-state index < -0.39 is 24.9 Å². The molecule has 1 aliphatic carbocycles. The second kappa shape index (κ2) is 5.86. The maximum absolute atomic E-state index is 11.6. The summed E-state index contributed by atoms with van der Waals surface area (Å²) in [4.78, 5) is 0. The summed E-state index contributed by atoms with van der Waals surface area (Å²) >= 11 is 5.78. The molecule has 0 bridgehead atoms. The van der Waals surface area contributed by atoms with Crippen molar-refractivity contribution in [3.05, 3.63) is 0 Å². The fraction of sp³-hybridized carbons (Fsp3) is 1.00. The lowest BCUT2D eigenvalue weighted by Crippen LogP contribution is -2.44. The first-order valence-electron chi connectivity index (χ1n) is 5.47. The molecule has 1 saturated carbocycles. The van der Waals surface area contributed by atoms with Crippen LogP contribution in [0, 0.1) is 5.92 Å². The summed E-state index contributed by atoms with van der Waals surface area (Å²) in [5.74, 6) is 0.492. The van der Waals surface area contributed by atoms with E-state index in [1.807, 2.05) is 0 Å². The fourth-order valence-corrected chi connectivity index (χ4v) is 5.76. The Morgan fingerprint density at radius 3 is 2.29 bits per heavy atom. The van der Waals surface area contributed by atoms with E-state index in [-0.39, 0.29) is 12.0 Å². The van der Waals surface area contributed by atoms with E-state index in [1.54, 1.807) is 0 Å². The quantitative estimate of drug-likeness (QED) is 0.758. The zero-order valence-corrected chi connectivity index (χ0v) is 12.1. The minimum atomic E-state index is -3.78. The van der Waals surface area contributed by atoms with Crippen LogP contribution in [-0.2, 0) is 19.9 Å². The Kier molecular flexibility index (Phi) is 5.24. The third-order valence-electron chi connectivity index (χ3n) is 2.81. The first kappa shape index (κ1) is 15.2. The molecule has 0 aliphatic heterocycles. The highest BCUT2D eigenvalue weighted by Gasteiger charge is 2.29. The Bertz CT molecular complexity index is 446. The topological polar surface area (TPSA) is 80.3 Å². The van der Waals surface area contributed by atoms with Gasteiger partial charge in [0.05, 0.1) is 0 Å².